The zero-order chi connectivity index (χ0) is 13.8. The summed E-state index contributed by atoms with van der Waals surface area (Å²) >= 11 is 6.15. The molecule has 0 radical (unpaired) electrons. The molecule has 19 heavy (non-hydrogen) atoms. The number of Topliss-reactive ketones (excluding diaryl/α,β-unsaturated/α-hetero) is 1. The van der Waals surface area contributed by atoms with Crippen molar-refractivity contribution in [2.75, 3.05) is 20.8 Å². The van der Waals surface area contributed by atoms with Gasteiger partial charge in [-0.1, -0.05) is 11.6 Å². The number of hydrogen-bond donors (Lipinski definition) is 0. The zero-order valence-corrected chi connectivity index (χ0v) is 11.8. The minimum atomic E-state index is -0.396. The molecule has 1 aliphatic rings. The molecule has 1 heterocycles. The Hall–Kier alpha value is -1.26. The van der Waals surface area contributed by atoms with Gasteiger partial charge < -0.3 is 14.2 Å². The Labute approximate surface area is 117 Å². The van der Waals surface area contributed by atoms with Gasteiger partial charge in [0, 0.05) is 6.61 Å². The summed E-state index contributed by atoms with van der Waals surface area (Å²) in [5.74, 6) is 0.751. The molecule has 1 aromatic rings. The van der Waals surface area contributed by atoms with Crippen LogP contribution in [0.3, 0.4) is 0 Å². The van der Waals surface area contributed by atoms with Gasteiger partial charge in [-0.3, -0.25) is 4.79 Å². The summed E-state index contributed by atoms with van der Waals surface area (Å²) in [5, 5.41) is 0.312. The molecule has 1 aliphatic heterocycles. The predicted molar refractivity (Wildman–Crippen MR) is 72.5 cm³/mol. The molecule has 1 saturated heterocycles. The Morgan fingerprint density at radius 1 is 1.32 bits per heavy atom. The van der Waals surface area contributed by atoms with E-state index in [0.717, 1.165) is 19.3 Å². The Morgan fingerprint density at radius 2 is 2.11 bits per heavy atom. The standard InChI is InChI=1S/C14H17ClO4/c1-17-10-7-6-9(14(18-2)12(10)15)13(16)11-5-3-4-8-19-11/h6-7,11H,3-5,8H2,1-2H3. The van der Waals surface area contributed by atoms with Crippen molar-refractivity contribution >= 4 is 17.4 Å². The van der Waals surface area contributed by atoms with Gasteiger partial charge in [-0.25, -0.2) is 0 Å². The maximum absolute atomic E-state index is 12.4. The lowest BCUT2D eigenvalue weighted by atomic mass is 9.99. The van der Waals surface area contributed by atoms with Gasteiger partial charge in [-0.2, -0.15) is 0 Å². The molecule has 1 fully saturated rings. The molecular formula is C14H17ClO4. The average molecular weight is 285 g/mol. The summed E-state index contributed by atoms with van der Waals surface area (Å²) < 4.78 is 15.9. The van der Waals surface area contributed by atoms with Crippen molar-refractivity contribution in [3.63, 3.8) is 0 Å². The lowest BCUT2D eigenvalue weighted by Crippen LogP contribution is -2.28. The number of ketones is 1. The second-order valence-corrected chi connectivity index (χ2v) is 4.76. The maximum Gasteiger partial charge on any atom is 0.195 e. The van der Waals surface area contributed by atoms with Gasteiger partial charge in [0.2, 0.25) is 0 Å². The fourth-order valence-electron chi connectivity index (χ4n) is 2.21. The Bertz CT molecular complexity index is 467. The second-order valence-electron chi connectivity index (χ2n) is 4.38. The van der Waals surface area contributed by atoms with E-state index in [-0.39, 0.29) is 5.78 Å². The normalized spacial score (nSPS) is 19.0. The first kappa shape index (κ1) is 14.2. The lowest BCUT2D eigenvalue weighted by Gasteiger charge is -2.22. The third-order valence-electron chi connectivity index (χ3n) is 3.22. The van der Waals surface area contributed by atoms with Gasteiger partial charge in [-0.05, 0) is 31.4 Å². The lowest BCUT2D eigenvalue weighted by molar-refractivity contribution is 0.0184. The highest BCUT2D eigenvalue weighted by Gasteiger charge is 2.27. The highest BCUT2D eigenvalue weighted by molar-refractivity contribution is 6.34. The molecule has 0 aromatic heterocycles. The van der Waals surface area contributed by atoms with Crippen molar-refractivity contribution in [1.29, 1.82) is 0 Å². The molecule has 0 saturated carbocycles. The Morgan fingerprint density at radius 3 is 2.68 bits per heavy atom. The van der Waals surface area contributed by atoms with E-state index in [4.69, 9.17) is 25.8 Å². The first-order valence-electron chi connectivity index (χ1n) is 6.25. The van der Waals surface area contributed by atoms with Crippen LogP contribution < -0.4 is 9.47 Å². The summed E-state index contributed by atoms with van der Waals surface area (Å²) in [5.41, 5.74) is 0.445. The highest BCUT2D eigenvalue weighted by atomic mass is 35.5. The van der Waals surface area contributed by atoms with Gasteiger partial charge in [0.25, 0.3) is 0 Å². The van der Waals surface area contributed by atoms with Crippen LogP contribution in [-0.2, 0) is 4.74 Å². The number of hydrogen-bond acceptors (Lipinski definition) is 4. The van der Waals surface area contributed by atoms with Crippen LogP contribution in [0.25, 0.3) is 0 Å². The van der Waals surface area contributed by atoms with Crippen LogP contribution in [-0.4, -0.2) is 32.7 Å². The molecule has 0 spiro atoms. The Kier molecular flexibility index (Phi) is 4.66. The largest absolute Gasteiger partial charge is 0.495 e. The predicted octanol–water partition coefficient (Wildman–Crippen LogP) is 3.11. The SMILES string of the molecule is COc1ccc(C(=O)C2CCCCO2)c(OC)c1Cl. The highest BCUT2D eigenvalue weighted by Crippen LogP contribution is 2.37. The molecule has 0 amide bonds. The number of ether oxygens (including phenoxy) is 3. The van der Waals surface area contributed by atoms with Crippen molar-refractivity contribution in [3.05, 3.63) is 22.7 Å². The van der Waals surface area contributed by atoms with Crippen LogP contribution in [0.5, 0.6) is 11.5 Å². The third kappa shape index (κ3) is 2.85. The molecule has 1 aromatic carbocycles. The topological polar surface area (TPSA) is 44.8 Å². The van der Waals surface area contributed by atoms with E-state index >= 15 is 0 Å². The number of halogens is 1. The minimum Gasteiger partial charge on any atom is -0.495 e. The van der Waals surface area contributed by atoms with E-state index in [0.29, 0.717) is 28.7 Å². The fraction of sp³-hybridized carbons (Fsp3) is 0.500. The molecule has 1 unspecified atom stereocenters. The van der Waals surface area contributed by atoms with E-state index in [2.05, 4.69) is 0 Å². The van der Waals surface area contributed by atoms with E-state index in [9.17, 15) is 4.79 Å². The van der Waals surface area contributed by atoms with Crippen molar-refractivity contribution in [2.45, 2.75) is 25.4 Å². The molecule has 1 atom stereocenters. The average Bonchev–Trinajstić information content (AvgIpc) is 2.47. The second kappa shape index (κ2) is 6.26. The Balaban J connectivity index is 2.33. The summed E-state index contributed by atoms with van der Waals surface area (Å²) in [4.78, 5) is 12.4. The number of methoxy groups -OCH3 is 2. The summed E-state index contributed by atoms with van der Waals surface area (Å²) in [6, 6.07) is 3.34. The van der Waals surface area contributed by atoms with Crippen LogP contribution in [0, 0.1) is 0 Å². The monoisotopic (exact) mass is 284 g/mol. The van der Waals surface area contributed by atoms with Gasteiger partial charge in [-0.15, -0.1) is 0 Å². The van der Waals surface area contributed by atoms with Crippen LogP contribution in [0.1, 0.15) is 29.6 Å². The van der Waals surface area contributed by atoms with Gasteiger partial charge in [0.1, 0.15) is 16.9 Å². The minimum absolute atomic E-state index is 0.0823. The summed E-state index contributed by atoms with van der Waals surface area (Å²) in [6.07, 6.45) is 2.35. The number of carbonyl (C=O) groups is 1. The zero-order valence-electron chi connectivity index (χ0n) is 11.1. The molecule has 5 heteroatoms. The van der Waals surface area contributed by atoms with Gasteiger partial charge in [0.15, 0.2) is 11.5 Å². The molecule has 0 bridgehead atoms. The van der Waals surface area contributed by atoms with Crippen molar-refractivity contribution in [3.8, 4) is 11.5 Å². The van der Waals surface area contributed by atoms with Crippen LogP contribution in [0.15, 0.2) is 12.1 Å². The fourth-order valence-corrected chi connectivity index (χ4v) is 2.53. The number of rotatable bonds is 4. The molecule has 0 aliphatic carbocycles. The quantitative estimate of drug-likeness (QED) is 0.797. The molecular weight excluding hydrogens is 268 g/mol. The summed E-state index contributed by atoms with van der Waals surface area (Å²) in [6.45, 7) is 0.628. The first-order chi connectivity index (χ1) is 9.19. The maximum atomic E-state index is 12.4. The smallest absolute Gasteiger partial charge is 0.195 e. The summed E-state index contributed by atoms with van der Waals surface area (Å²) in [7, 11) is 3.01. The van der Waals surface area contributed by atoms with E-state index in [1.54, 1.807) is 12.1 Å². The van der Waals surface area contributed by atoms with E-state index in [1.807, 2.05) is 0 Å². The van der Waals surface area contributed by atoms with Crippen LogP contribution in [0.4, 0.5) is 0 Å². The van der Waals surface area contributed by atoms with Crippen LogP contribution >= 0.6 is 11.6 Å². The molecule has 2 rings (SSSR count). The van der Waals surface area contributed by atoms with Gasteiger partial charge >= 0.3 is 0 Å². The van der Waals surface area contributed by atoms with Gasteiger partial charge in [0.05, 0.1) is 19.8 Å². The molecule has 104 valence electrons. The number of carbonyl (C=O) groups excluding carboxylic acids is 1. The molecule has 4 nitrogen and oxygen atoms in total. The number of benzene rings is 1. The van der Waals surface area contributed by atoms with Crippen molar-refractivity contribution in [2.24, 2.45) is 0 Å². The van der Waals surface area contributed by atoms with Crippen LogP contribution in [0.2, 0.25) is 5.02 Å². The first-order valence-corrected chi connectivity index (χ1v) is 6.63. The van der Waals surface area contributed by atoms with E-state index in [1.165, 1.54) is 14.2 Å². The van der Waals surface area contributed by atoms with E-state index < -0.39 is 6.10 Å². The van der Waals surface area contributed by atoms with Crippen molar-refractivity contribution < 1.29 is 19.0 Å². The molecule has 0 N–H and O–H groups in total. The van der Waals surface area contributed by atoms with Crippen molar-refractivity contribution in [1.82, 2.24) is 0 Å². The third-order valence-corrected chi connectivity index (χ3v) is 3.58.